The minimum atomic E-state index is -1.04. The van der Waals surface area contributed by atoms with Crippen LogP contribution < -0.4 is 0 Å². The number of nitrogens with zero attached hydrogens (tertiary/aromatic N) is 3. The third-order valence-electron chi connectivity index (χ3n) is 2.47. The lowest BCUT2D eigenvalue weighted by molar-refractivity contribution is 0.0693. The van der Waals surface area contributed by atoms with Crippen LogP contribution in [0.1, 0.15) is 10.5 Å². The van der Waals surface area contributed by atoms with Crippen LogP contribution in [0.5, 0.6) is 0 Å². The molecule has 0 spiro atoms. The van der Waals surface area contributed by atoms with Gasteiger partial charge in [-0.2, -0.15) is 0 Å². The van der Waals surface area contributed by atoms with Gasteiger partial charge in [0.2, 0.25) is 0 Å². The van der Waals surface area contributed by atoms with Gasteiger partial charge in [-0.1, -0.05) is 12.1 Å². The molecule has 1 aromatic carbocycles. The molecule has 0 saturated heterocycles. The summed E-state index contributed by atoms with van der Waals surface area (Å²) in [6.07, 6.45) is 3.03. The van der Waals surface area contributed by atoms with Gasteiger partial charge in [0, 0.05) is 0 Å². The number of carboxylic acid groups (broad SMARTS) is 1. The third-order valence-corrected chi connectivity index (χ3v) is 2.47. The summed E-state index contributed by atoms with van der Waals surface area (Å²) in [7, 11) is 0. The van der Waals surface area contributed by atoms with E-state index in [2.05, 4.69) is 9.97 Å². The van der Waals surface area contributed by atoms with E-state index in [-0.39, 0.29) is 5.69 Å². The topological polar surface area (TPSA) is 67.5 Å². The lowest BCUT2D eigenvalue weighted by Crippen LogP contribution is -1.98. The summed E-state index contributed by atoms with van der Waals surface area (Å²) in [6.45, 7) is 0. The Labute approximate surface area is 90.0 Å². The van der Waals surface area contributed by atoms with Gasteiger partial charge in [0.1, 0.15) is 6.33 Å². The Balaban J connectivity index is 2.49. The van der Waals surface area contributed by atoms with E-state index in [9.17, 15) is 4.79 Å². The van der Waals surface area contributed by atoms with Crippen molar-refractivity contribution >= 4 is 22.5 Å². The van der Waals surface area contributed by atoms with Crippen molar-refractivity contribution in [2.24, 2.45) is 0 Å². The highest BCUT2D eigenvalue weighted by molar-refractivity contribution is 5.94. The first-order valence-corrected chi connectivity index (χ1v) is 4.71. The molecule has 0 radical (unpaired) electrons. The monoisotopic (exact) mass is 213 g/mol. The van der Waals surface area contributed by atoms with Gasteiger partial charge in [0.05, 0.1) is 22.7 Å². The summed E-state index contributed by atoms with van der Waals surface area (Å²) in [5.41, 5.74) is 2.19. The lowest BCUT2D eigenvalue weighted by Gasteiger charge is -2.00. The van der Waals surface area contributed by atoms with Crippen LogP contribution in [0.25, 0.3) is 16.6 Å². The minimum absolute atomic E-state index is 0.0262. The molecule has 3 aromatic rings. The van der Waals surface area contributed by atoms with E-state index in [1.807, 2.05) is 24.3 Å². The summed E-state index contributed by atoms with van der Waals surface area (Å²) >= 11 is 0. The summed E-state index contributed by atoms with van der Waals surface area (Å²) in [5.74, 6) is -1.04. The number of hydrogen-bond acceptors (Lipinski definition) is 3. The summed E-state index contributed by atoms with van der Waals surface area (Å²) < 4.78 is 1.73. The number of carbonyl (C=O) groups is 1. The van der Waals surface area contributed by atoms with Crippen molar-refractivity contribution < 1.29 is 9.90 Å². The number of rotatable bonds is 1. The zero-order valence-electron chi connectivity index (χ0n) is 8.16. The summed E-state index contributed by atoms with van der Waals surface area (Å²) in [4.78, 5) is 19.0. The maximum atomic E-state index is 10.9. The van der Waals surface area contributed by atoms with Crippen molar-refractivity contribution in [1.29, 1.82) is 0 Å². The van der Waals surface area contributed by atoms with E-state index in [1.54, 1.807) is 4.40 Å². The van der Waals surface area contributed by atoms with Crippen molar-refractivity contribution in [1.82, 2.24) is 14.4 Å². The Hall–Kier alpha value is -2.43. The molecule has 3 rings (SSSR count). The van der Waals surface area contributed by atoms with Crippen LogP contribution in [-0.2, 0) is 0 Å². The van der Waals surface area contributed by atoms with Gasteiger partial charge in [-0.15, -0.1) is 0 Å². The van der Waals surface area contributed by atoms with Crippen LogP contribution in [0.4, 0.5) is 0 Å². The first-order chi connectivity index (χ1) is 7.77. The molecule has 0 aliphatic rings. The van der Waals surface area contributed by atoms with Gasteiger partial charge in [-0.3, -0.25) is 9.38 Å². The van der Waals surface area contributed by atoms with Crippen molar-refractivity contribution in [3.63, 3.8) is 0 Å². The van der Waals surface area contributed by atoms with Gasteiger partial charge >= 0.3 is 5.97 Å². The Morgan fingerprint density at radius 1 is 1.19 bits per heavy atom. The average Bonchev–Trinajstić information content (AvgIpc) is 2.73. The fourth-order valence-electron chi connectivity index (χ4n) is 1.75. The first-order valence-electron chi connectivity index (χ1n) is 4.71. The molecule has 0 fully saturated rings. The number of fused-ring (bicyclic) bond motifs is 3. The Morgan fingerprint density at radius 3 is 2.81 bits per heavy atom. The molecule has 0 unspecified atom stereocenters. The van der Waals surface area contributed by atoms with E-state index in [0.717, 1.165) is 11.0 Å². The molecule has 0 aliphatic heterocycles. The molecular formula is C11H7N3O2. The molecule has 0 saturated carbocycles. The standard InChI is InChI=1S/C11H7N3O2/c15-11(16)10-9-5-12-7-3-1-2-4-8(7)14(9)6-13-10/h1-6H,(H,15,16). The van der Waals surface area contributed by atoms with Crippen LogP contribution >= 0.6 is 0 Å². The van der Waals surface area contributed by atoms with Crippen molar-refractivity contribution in [3.8, 4) is 0 Å². The highest BCUT2D eigenvalue weighted by Crippen LogP contribution is 2.16. The van der Waals surface area contributed by atoms with Crippen molar-refractivity contribution in [3.05, 3.63) is 42.5 Å². The number of carboxylic acids is 1. The van der Waals surface area contributed by atoms with Gasteiger partial charge in [0.15, 0.2) is 5.69 Å². The highest BCUT2D eigenvalue weighted by Gasteiger charge is 2.13. The van der Waals surface area contributed by atoms with Gasteiger partial charge in [0.25, 0.3) is 0 Å². The molecule has 0 bridgehead atoms. The molecule has 5 heteroatoms. The average molecular weight is 213 g/mol. The predicted molar refractivity (Wildman–Crippen MR) is 57.5 cm³/mol. The summed E-state index contributed by atoms with van der Waals surface area (Å²) in [6, 6.07) is 7.51. The zero-order valence-corrected chi connectivity index (χ0v) is 8.16. The SMILES string of the molecule is O=C(O)c1ncn2c1cnc1ccccc12. The molecule has 1 N–H and O–H groups in total. The number of aromatic nitrogens is 3. The Bertz CT molecular complexity index is 703. The maximum absolute atomic E-state index is 10.9. The van der Waals surface area contributed by atoms with E-state index >= 15 is 0 Å². The molecular weight excluding hydrogens is 206 g/mol. The predicted octanol–water partition coefficient (Wildman–Crippen LogP) is 1.58. The molecule has 2 aromatic heterocycles. The molecule has 0 amide bonds. The molecule has 0 atom stereocenters. The van der Waals surface area contributed by atoms with Crippen LogP contribution in [0, 0.1) is 0 Å². The van der Waals surface area contributed by atoms with Crippen molar-refractivity contribution in [2.45, 2.75) is 0 Å². The number of imidazole rings is 1. The molecule has 0 aliphatic carbocycles. The molecule has 5 nitrogen and oxygen atoms in total. The molecule has 78 valence electrons. The Morgan fingerprint density at radius 2 is 2.00 bits per heavy atom. The van der Waals surface area contributed by atoms with Gasteiger partial charge < -0.3 is 5.11 Å². The fourth-order valence-corrected chi connectivity index (χ4v) is 1.75. The highest BCUT2D eigenvalue weighted by atomic mass is 16.4. The van der Waals surface area contributed by atoms with Crippen molar-refractivity contribution in [2.75, 3.05) is 0 Å². The lowest BCUT2D eigenvalue weighted by atomic mass is 10.3. The second-order valence-electron chi connectivity index (χ2n) is 3.40. The Kier molecular flexibility index (Phi) is 1.67. The fraction of sp³-hybridized carbons (Fsp3) is 0. The normalized spacial score (nSPS) is 11.0. The van der Waals surface area contributed by atoms with Gasteiger partial charge in [-0.05, 0) is 12.1 Å². The number of para-hydroxylation sites is 2. The third kappa shape index (κ3) is 1.08. The first kappa shape index (κ1) is 8.84. The largest absolute Gasteiger partial charge is 0.476 e. The van der Waals surface area contributed by atoms with E-state index < -0.39 is 5.97 Å². The van der Waals surface area contributed by atoms with Gasteiger partial charge in [-0.25, -0.2) is 9.78 Å². The smallest absolute Gasteiger partial charge is 0.356 e. The second kappa shape index (κ2) is 3.03. The zero-order chi connectivity index (χ0) is 11.1. The molecule has 2 heterocycles. The summed E-state index contributed by atoms with van der Waals surface area (Å²) in [5, 5.41) is 8.94. The van der Waals surface area contributed by atoms with Crippen LogP contribution in [0.2, 0.25) is 0 Å². The van der Waals surface area contributed by atoms with Crippen LogP contribution in [0.3, 0.4) is 0 Å². The molecule has 16 heavy (non-hydrogen) atoms. The number of benzene rings is 1. The quantitative estimate of drug-likeness (QED) is 0.666. The second-order valence-corrected chi connectivity index (χ2v) is 3.40. The van der Waals surface area contributed by atoms with E-state index in [1.165, 1.54) is 12.5 Å². The van der Waals surface area contributed by atoms with Crippen LogP contribution in [-0.4, -0.2) is 25.4 Å². The van der Waals surface area contributed by atoms with E-state index in [0.29, 0.717) is 5.52 Å². The van der Waals surface area contributed by atoms with E-state index in [4.69, 9.17) is 5.11 Å². The van der Waals surface area contributed by atoms with Crippen LogP contribution in [0.15, 0.2) is 36.8 Å². The number of hydrogen-bond donors (Lipinski definition) is 1. The maximum Gasteiger partial charge on any atom is 0.356 e. The minimum Gasteiger partial charge on any atom is -0.476 e. The number of aromatic carboxylic acids is 1.